The Bertz CT molecular complexity index is 1490. The van der Waals surface area contributed by atoms with E-state index in [1.807, 2.05) is 25.5 Å². The molecule has 2 aromatic heterocycles. The van der Waals surface area contributed by atoms with E-state index in [-0.39, 0.29) is 0 Å². The zero-order valence-electron chi connectivity index (χ0n) is 19.8. The van der Waals surface area contributed by atoms with Crippen LogP contribution < -0.4 is 10.6 Å². The Morgan fingerprint density at radius 3 is 2.74 bits per heavy atom. The lowest BCUT2D eigenvalue weighted by Gasteiger charge is -2.14. The summed E-state index contributed by atoms with van der Waals surface area (Å²) in [7, 11) is 1.96. The summed E-state index contributed by atoms with van der Waals surface area (Å²) in [5.41, 5.74) is 8.72. The highest BCUT2D eigenvalue weighted by atomic mass is 14.9. The first kappa shape index (κ1) is 21.9. The van der Waals surface area contributed by atoms with Crippen molar-refractivity contribution >= 4 is 33.1 Å². The van der Waals surface area contributed by atoms with Crippen molar-refractivity contribution in [3.8, 4) is 11.1 Å². The predicted molar refractivity (Wildman–Crippen MR) is 143 cm³/mol. The maximum Gasteiger partial charge on any atom is 0.138 e. The monoisotopic (exact) mass is 447 g/mol. The number of rotatable bonds is 7. The molecule has 34 heavy (non-hydrogen) atoms. The average molecular weight is 448 g/mol. The van der Waals surface area contributed by atoms with Crippen LogP contribution in [0.2, 0.25) is 0 Å². The van der Waals surface area contributed by atoms with Crippen LogP contribution in [0.4, 0.5) is 5.69 Å². The maximum absolute atomic E-state index is 5.04. The quantitative estimate of drug-likeness (QED) is 0.271. The van der Waals surface area contributed by atoms with Crippen LogP contribution in [-0.4, -0.2) is 28.5 Å². The van der Waals surface area contributed by atoms with Gasteiger partial charge in [0.05, 0.1) is 11.0 Å². The van der Waals surface area contributed by atoms with Crippen molar-refractivity contribution in [2.45, 2.75) is 20.4 Å². The molecule has 0 saturated heterocycles. The van der Waals surface area contributed by atoms with E-state index in [0.29, 0.717) is 0 Å². The normalized spacial score (nSPS) is 11.9. The Morgan fingerprint density at radius 1 is 1.03 bits per heavy atom. The number of nitrogens with one attached hydrogen (secondary N) is 3. The Hall–Kier alpha value is -3.96. The lowest BCUT2D eigenvalue weighted by atomic mass is 9.95. The second kappa shape index (κ2) is 9.49. The van der Waals surface area contributed by atoms with Crippen molar-refractivity contribution in [3.63, 3.8) is 0 Å². The van der Waals surface area contributed by atoms with Crippen LogP contribution in [0.3, 0.4) is 0 Å². The molecule has 3 aromatic carbocycles. The van der Waals surface area contributed by atoms with Gasteiger partial charge < -0.3 is 15.6 Å². The molecule has 170 valence electrons. The molecule has 0 unspecified atom stereocenters. The molecule has 0 aliphatic heterocycles. The number of H-pyrrole nitrogens is 1. The van der Waals surface area contributed by atoms with Gasteiger partial charge >= 0.3 is 0 Å². The predicted octanol–water partition coefficient (Wildman–Crippen LogP) is 6.38. The highest BCUT2D eigenvalue weighted by Crippen LogP contribution is 2.35. The molecule has 0 fully saturated rings. The molecule has 0 amide bonds. The molecule has 0 spiro atoms. The number of anilines is 1. The molecule has 0 atom stereocenters. The van der Waals surface area contributed by atoms with Gasteiger partial charge in [0.25, 0.3) is 0 Å². The lowest BCUT2D eigenvalue weighted by molar-refractivity contribution is 0.729. The first-order chi connectivity index (χ1) is 16.7. The van der Waals surface area contributed by atoms with Crippen molar-refractivity contribution in [2.75, 3.05) is 18.9 Å². The van der Waals surface area contributed by atoms with Gasteiger partial charge in [0, 0.05) is 53.8 Å². The molecule has 2 heterocycles. The molecule has 5 rings (SSSR count). The number of nitrogens with zero attached hydrogens (tertiary/aromatic N) is 2. The summed E-state index contributed by atoms with van der Waals surface area (Å²) in [6, 6.07) is 21.2. The van der Waals surface area contributed by atoms with Crippen molar-refractivity contribution in [2.24, 2.45) is 0 Å². The van der Waals surface area contributed by atoms with E-state index in [1.54, 1.807) is 0 Å². The maximum atomic E-state index is 5.04. The number of fused-ring (bicyclic) bond motifs is 2. The number of aromatic nitrogens is 3. The van der Waals surface area contributed by atoms with E-state index < -0.39 is 0 Å². The zero-order chi connectivity index (χ0) is 23.5. The standard InChI is InChI=1S/C29H29N5/c1-4-22(29-33-27-12-8-10-21(17-31-5-2)28(27)34-29)24-15-19(13-14-26(24)30-3)25-18-32-16-20-9-6-7-11-23(20)25/h4,6-16,18,30-31H,5,17H2,1-3H3,(H,33,34)/b22-4-. The Kier molecular flexibility index (Phi) is 6.11. The van der Waals surface area contributed by atoms with Crippen molar-refractivity contribution < 1.29 is 0 Å². The lowest BCUT2D eigenvalue weighted by Crippen LogP contribution is -2.11. The van der Waals surface area contributed by atoms with Gasteiger partial charge in [-0.25, -0.2) is 4.98 Å². The topological polar surface area (TPSA) is 65.6 Å². The number of hydrogen-bond donors (Lipinski definition) is 3. The van der Waals surface area contributed by atoms with E-state index in [2.05, 4.69) is 95.1 Å². The number of allylic oxidation sites excluding steroid dienone is 1. The first-order valence-corrected chi connectivity index (χ1v) is 11.7. The molecule has 0 saturated carbocycles. The molecule has 0 aliphatic rings. The largest absolute Gasteiger partial charge is 0.388 e. The number of para-hydroxylation sites is 1. The summed E-state index contributed by atoms with van der Waals surface area (Å²) >= 11 is 0. The van der Waals surface area contributed by atoms with E-state index in [1.165, 1.54) is 10.9 Å². The third kappa shape index (κ3) is 3.95. The molecule has 0 bridgehead atoms. The number of benzene rings is 3. The Balaban J connectivity index is 1.64. The minimum Gasteiger partial charge on any atom is -0.388 e. The minimum atomic E-state index is 0.800. The minimum absolute atomic E-state index is 0.800. The highest BCUT2D eigenvalue weighted by molar-refractivity contribution is 5.97. The van der Waals surface area contributed by atoms with Gasteiger partial charge in [-0.3, -0.25) is 4.98 Å². The van der Waals surface area contributed by atoms with Crippen molar-refractivity contribution in [3.05, 3.63) is 96.1 Å². The summed E-state index contributed by atoms with van der Waals surface area (Å²) < 4.78 is 0. The van der Waals surface area contributed by atoms with Gasteiger partial charge in [-0.05, 0) is 48.2 Å². The van der Waals surface area contributed by atoms with Crippen LogP contribution >= 0.6 is 0 Å². The Labute approximate surface area is 200 Å². The van der Waals surface area contributed by atoms with Crippen LogP contribution in [0.5, 0.6) is 0 Å². The van der Waals surface area contributed by atoms with E-state index in [9.17, 15) is 0 Å². The number of hydrogen-bond acceptors (Lipinski definition) is 4. The second-order valence-corrected chi connectivity index (χ2v) is 8.30. The van der Waals surface area contributed by atoms with Gasteiger partial charge in [-0.1, -0.05) is 55.5 Å². The number of aromatic amines is 1. The summed E-state index contributed by atoms with van der Waals surface area (Å²) in [6.45, 7) is 5.91. The van der Waals surface area contributed by atoms with Crippen LogP contribution in [0.25, 0.3) is 38.5 Å². The van der Waals surface area contributed by atoms with E-state index in [4.69, 9.17) is 4.98 Å². The molecule has 5 aromatic rings. The summed E-state index contributed by atoms with van der Waals surface area (Å²) in [5.74, 6) is 0.867. The van der Waals surface area contributed by atoms with Gasteiger partial charge in [0.1, 0.15) is 5.82 Å². The average Bonchev–Trinajstić information content (AvgIpc) is 3.32. The molecule has 5 nitrogen and oxygen atoms in total. The molecular weight excluding hydrogens is 418 g/mol. The third-order valence-corrected chi connectivity index (χ3v) is 6.26. The van der Waals surface area contributed by atoms with Crippen LogP contribution in [0, 0.1) is 0 Å². The fourth-order valence-electron chi connectivity index (χ4n) is 4.54. The Morgan fingerprint density at radius 2 is 1.91 bits per heavy atom. The van der Waals surface area contributed by atoms with Gasteiger partial charge in [-0.15, -0.1) is 0 Å². The number of imidazole rings is 1. The van der Waals surface area contributed by atoms with Gasteiger partial charge in [0.15, 0.2) is 0 Å². The smallest absolute Gasteiger partial charge is 0.138 e. The van der Waals surface area contributed by atoms with Crippen molar-refractivity contribution in [1.82, 2.24) is 20.3 Å². The molecule has 3 N–H and O–H groups in total. The molecule has 5 heteroatoms. The summed E-state index contributed by atoms with van der Waals surface area (Å²) in [6.07, 6.45) is 5.99. The molecule has 0 aliphatic carbocycles. The summed E-state index contributed by atoms with van der Waals surface area (Å²) in [5, 5.41) is 9.10. The fraction of sp³-hybridized carbons (Fsp3) is 0.172. The first-order valence-electron chi connectivity index (χ1n) is 11.7. The summed E-state index contributed by atoms with van der Waals surface area (Å²) in [4.78, 5) is 13.1. The SMILES string of the molecule is C/C=C(\c1nc2c(CNCC)cccc2[nH]1)c1cc(-c2cncc3ccccc23)ccc1NC. The highest BCUT2D eigenvalue weighted by Gasteiger charge is 2.16. The van der Waals surface area contributed by atoms with Crippen LogP contribution in [0.15, 0.2) is 79.1 Å². The van der Waals surface area contributed by atoms with Gasteiger partial charge in [-0.2, -0.15) is 0 Å². The molecule has 0 radical (unpaired) electrons. The van der Waals surface area contributed by atoms with Crippen molar-refractivity contribution in [1.29, 1.82) is 0 Å². The van der Waals surface area contributed by atoms with E-state index in [0.717, 1.165) is 63.3 Å². The zero-order valence-corrected chi connectivity index (χ0v) is 19.8. The van der Waals surface area contributed by atoms with Crippen LogP contribution in [-0.2, 0) is 6.54 Å². The second-order valence-electron chi connectivity index (χ2n) is 8.30. The number of pyridine rings is 1. The van der Waals surface area contributed by atoms with Crippen LogP contribution in [0.1, 0.15) is 30.8 Å². The van der Waals surface area contributed by atoms with E-state index >= 15 is 0 Å². The molecular formula is C29H29N5. The van der Waals surface area contributed by atoms with Gasteiger partial charge in [0.2, 0.25) is 0 Å². The fourth-order valence-corrected chi connectivity index (χ4v) is 4.54. The third-order valence-electron chi connectivity index (χ3n) is 6.26.